The molecule has 3 N–H and O–H groups in total. The zero-order valence-electron chi connectivity index (χ0n) is 13.9. The molecule has 1 aliphatic rings. The lowest BCUT2D eigenvalue weighted by atomic mass is 10.1. The van der Waals surface area contributed by atoms with E-state index in [1.54, 1.807) is 19.1 Å². The number of carbonyl (C=O) groups excluding carboxylic acids is 1. The van der Waals surface area contributed by atoms with Crippen molar-refractivity contribution >= 4 is 45.6 Å². The molecule has 1 aromatic heterocycles. The Balaban J connectivity index is 1.73. The highest BCUT2D eigenvalue weighted by atomic mass is 35.5. The molecule has 8 heteroatoms. The van der Waals surface area contributed by atoms with Gasteiger partial charge < -0.3 is 25.1 Å². The first-order valence-corrected chi connectivity index (χ1v) is 8.25. The van der Waals surface area contributed by atoms with Gasteiger partial charge in [-0.3, -0.25) is 0 Å². The standard InChI is InChI=1S/C18H15ClFN3O3/c1-8-6-9-14-13(7-10(16(9)26-8)17(24)25-2)21-18(22-14)23-15-11(19)4-3-5-12(15)20/h3-7,18,21-23H,1-2H3. The number of aryl methyl sites for hydroxylation is 1. The number of benzene rings is 2. The number of para-hydroxylation sites is 1. The molecule has 6 nitrogen and oxygen atoms in total. The van der Waals surface area contributed by atoms with Gasteiger partial charge >= 0.3 is 5.97 Å². The van der Waals surface area contributed by atoms with E-state index in [1.807, 2.05) is 6.07 Å². The average molecular weight is 376 g/mol. The fourth-order valence-corrected chi connectivity index (χ4v) is 3.26. The van der Waals surface area contributed by atoms with Crippen molar-refractivity contribution in [1.82, 2.24) is 0 Å². The predicted molar refractivity (Wildman–Crippen MR) is 98.4 cm³/mol. The molecule has 2 aromatic carbocycles. The fourth-order valence-electron chi connectivity index (χ4n) is 3.05. The number of nitrogens with one attached hydrogen (secondary N) is 3. The van der Waals surface area contributed by atoms with E-state index in [1.165, 1.54) is 19.2 Å². The van der Waals surface area contributed by atoms with Gasteiger partial charge in [0, 0.05) is 5.39 Å². The van der Waals surface area contributed by atoms with Gasteiger partial charge in [-0.05, 0) is 31.2 Å². The van der Waals surface area contributed by atoms with Gasteiger partial charge in [0.1, 0.15) is 17.1 Å². The van der Waals surface area contributed by atoms with E-state index in [0.29, 0.717) is 22.6 Å². The molecule has 0 amide bonds. The summed E-state index contributed by atoms with van der Waals surface area (Å²) in [5, 5.41) is 10.4. The van der Waals surface area contributed by atoms with E-state index < -0.39 is 18.1 Å². The normalized spacial score (nSPS) is 15.3. The zero-order valence-corrected chi connectivity index (χ0v) is 14.7. The monoisotopic (exact) mass is 375 g/mol. The third-order valence-electron chi connectivity index (χ3n) is 4.17. The summed E-state index contributed by atoms with van der Waals surface area (Å²) in [7, 11) is 1.31. The lowest BCUT2D eigenvalue weighted by molar-refractivity contribution is 0.0602. The SMILES string of the molecule is COC(=O)c1cc2c(c3cc(C)oc13)NC(Nc1c(F)cccc1Cl)N2. The molecule has 0 fully saturated rings. The second-order valence-corrected chi connectivity index (χ2v) is 6.31. The first-order valence-electron chi connectivity index (χ1n) is 7.87. The van der Waals surface area contributed by atoms with E-state index >= 15 is 0 Å². The summed E-state index contributed by atoms with van der Waals surface area (Å²) < 4.78 is 24.5. The van der Waals surface area contributed by atoms with Crippen LogP contribution in [0.15, 0.2) is 34.7 Å². The molecule has 2 heterocycles. The average Bonchev–Trinajstić information content (AvgIpc) is 3.19. The third kappa shape index (κ3) is 2.61. The van der Waals surface area contributed by atoms with Crippen molar-refractivity contribution < 1.29 is 18.3 Å². The third-order valence-corrected chi connectivity index (χ3v) is 4.49. The highest BCUT2D eigenvalue weighted by molar-refractivity contribution is 6.33. The topological polar surface area (TPSA) is 75.5 Å². The molecular weight excluding hydrogens is 361 g/mol. The molecule has 1 atom stereocenters. The first-order chi connectivity index (χ1) is 12.5. The van der Waals surface area contributed by atoms with Gasteiger partial charge in [0.25, 0.3) is 0 Å². The molecular formula is C18H15ClFN3O3. The number of anilines is 3. The van der Waals surface area contributed by atoms with Gasteiger partial charge in [-0.1, -0.05) is 17.7 Å². The van der Waals surface area contributed by atoms with Crippen LogP contribution in [0.25, 0.3) is 11.0 Å². The summed E-state index contributed by atoms with van der Waals surface area (Å²) in [4.78, 5) is 12.1. The Bertz CT molecular complexity index is 1010. The Hall–Kier alpha value is -2.93. The number of fused-ring (bicyclic) bond motifs is 3. The fraction of sp³-hybridized carbons (Fsp3) is 0.167. The van der Waals surface area contributed by atoms with Crippen molar-refractivity contribution in [1.29, 1.82) is 0 Å². The van der Waals surface area contributed by atoms with Gasteiger partial charge in [0.05, 0.1) is 29.2 Å². The number of hydrogen-bond acceptors (Lipinski definition) is 6. The van der Waals surface area contributed by atoms with E-state index in [2.05, 4.69) is 16.0 Å². The van der Waals surface area contributed by atoms with Crippen LogP contribution in [-0.2, 0) is 4.74 Å². The smallest absolute Gasteiger partial charge is 0.341 e. The number of methoxy groups -OCH3 is 1. The second-order valence-electron chi connectivity index (χ2n) is 5.90. The van der Waals surface area contributed by atoms with Crippen LogP contribution in [-0.4, -0.2) is 19.4 Å². The van der Waals surface area contributed by atoms with Gasteiger partial charge in [-0.2, -0.15) is 0 Å². The van der Waals surface area contributed by atoms with Crippen molar-refractivity contribution in [3.05, 3.63) is 52.5 Å². The summed E-state index contributed by atoms with van der Waals surface area (Å²) in [6.45, 7) is 1.80. The van der Waals surface area contributed by atoms with Crippen LogP contribution >= 0.6 is 11.6 Å². The Morgan fingerprint density at radius 2 is 2.15 bits per heavy atom. The minimum absolute atomic E-state index is 0.180. The van der Waals surface area contributed by atoms with Crippen LogP contribution in [0.5, 0.6) is 0 Å². The molecule has 1 aliphatic heterocycles. The Morgan fingerprint density at radius 1 is 1.35 bits per heavy atom. The molecule has 3 aromatic rings. The number of ether oxygens (including phenoxy) is 1. The minimum atomic E-state index is -0.522. The number of rotatable bonds is 3. The summed E-state index contributed by atoms with van der Waals surface area (Å²) in [6.07, 6.45) is -0.522. The molecule has 0 radical (unpaired) electrons. The van der Waals surface area contributed by atoms with Crippen LogP contribution < -0.4 is 16.0 Å². The molecule has 0 aliphatic carbocycles. The van der Waals surface area contributed by atoms with Crippen molar-refractivity contribution in [2.45, 2.75) is 13.2 Å². The minimum Gasteiger partial charge on any atom is -0.465 e. The summed E-state index contributed by atoms with van der Waals surface area (Å²) in [5.74, 6) is -0.298. The van der Waals surface area contributed by atoms with Gasteiger partial charge in [0.2, 0.25) is 0 Å². The van der Waals surface area contributed by atoms with Crippen LogP contribution in [0.1, 0.15) is 16.1 Å². The molecule has 26 heavy (non-hydrogen) atoms. The van der Waals surface area contributed by atoms with Gasteiger partial charge in [0.15, 0.2) is 11.9 Å². The molecule has 0 bridgehead atoms. The highest BCUT2D eigenvalue weighted by Crippen LogP contribution is 2.40. The number of halogens is 2. The number of furan rings is 1. The predicted octanol–water partition coefficient (Wildman–Crippen LogP) is 4.55. The molecule has 134 valence electrons. The highest BCUT2D eigenvalue weighted by Gasteiger charge is 2.28. The maximum absolute atomic E-state index is 14.0. The summed E-state index contributed by atoms with van der Waals surface area (Å²) in [5.41, 5.74) is 2.35. The summed E-state index contributed by atoms with van der Waals surface area (Å²) >= 11 is 6.07. The molecule has 0 saturated carbocycles. The second kappa shape index (κ2) is 6.10. The van der Waals surface area contributed by atoms with Crippen LogP contribution in [0, 0.1) is 12.7 Å². The number of esters is 1. The lowest BCUT2D eigenvalue weighted by Crippen LogP contribution is -2.31. The number of carbonyl (C=O) groups is 1. The van der Waals surface area contributed by atoms with Crippen molar-refractivity contribution in [3.8, 4) is 0 Å². The van der Waals surface area contributed by atoms with Crippen molar-refractivity contribution in [2.75, 3.05) is 23.1 Å². The zero-order chi connectivity index (χ0) is 18.4. The molecule has 4 rings (SSSR count). The van der Waals surface area contributed by atoms with Crippen molar-refractivity contribution in [3.63, 3.8) is 0 Å². The molecule has 0 spiro atoms. The summed E-state index contributed by atoms with van der Waals surface area (Å²) in [6, 6.07) is 7.93. The van der Waals surface area contributed by atoms with E-state index in [4.69, 9.17) is 20.8 Å². The Kier molecular flexibility index (Phi) is 3.88. The Morgan fingerprint density at radius 3 is 2.88 bits per heavy atom. The van der Waals surface area contributed by atoms with Crippen LogP contribution in [0.3, 0.4) is 0 Å². The number of hydrogen-bond donors (Lipinski definition) is 3. The molecule has 0 saturated heterocycles. The quantitative estimate of drug-likeness (QED) is 0.583. The van der Waals surface area contributed by atoms with E-state index in [9.17, 15) is 9.18 Å². The largest absolute Gasteiger partial charge is 0.465 e. The van der Waals surface area contributed by atoms with Crippen LogP contribution in [0.4, 0.5) is 21.5 Å². The Labute approximate surface area is 153 Å². The maximum atomic E-state index is 14.0. The van der Waals surface area contributed by atoms with E-state index in [0.717, 1.165) is 11.1 Å². The van der Waals surface area contributed by atoms with Gasteiger partial charge in [-0.15, -0.1) is 0 Å². The van der Waals surface area contributed by atoms with Gasteiger partial charge in [-0.25, -0.2) is 9.18 Å². The van der Waals surface area contributed by atoms with Crippen molar-refractivity contribution in [2.24, 2.45) is 0 Å². The van der Waals surface area contributed by atoms with Crippen LogP contribution in [0.2, 0.25) is 5.02 Å². The lowest BCUT2D eigenvalue weighted by Gasteiger charge is -2.17. The van der Waals surface area contributed by atoms with E-state index in [-0.39, 0.29) is 10.7 Å². The molecule has 1 unspecified atom stereocenters. The first kappa shape index (κ1) is 16.5. The maximum Gasteiger partial charge on any atom is 0.341 e.